The van der Waals surface area contributed by atoms with Gasteiger partial charge in [-0.15, -0.1) is 0 Å². The standard InChI is InChI=1S/C88H136N10O27/c1-14-56(8)81(73(119-12)49-78(108)98-39-20-26-68(98)82(120-13)57(9)69(101)46-61(85(113)114)44-58-22-16-15-17-23-58)96(10)84(112)64(54(4)5)48-72(104)80(55(6)7)97(11)88(118)123-50-60-30-28-59(29-31-60)45-70(102)65(25-18-19-27-74(89)105)93-83(111)63(53(2)3)47-71(103)66(92-76(107)51-125-90)34-35-75(106)91-38-41-122-43-42-121-40-21-24-62(100)32-33-67(86(115)116)94-87(117)95-77(124-52-99)36-37-79(109)110/h15-17,22-23,28-31,52-57,61,63-68,73,77,80-82H,14,18-21,24-27,32-51,90H2,1-13H3,(H2,89,105)(H,91,106)(H,92,107)(H,93,111)(H,109,110)(H,113,114)(H,115,116)(H2,94,95,117)/t56-,57-,61+,63-,64-,65-,66?,67-,68-,73+,77+,80-,81-,82+/m0/s1. The number of unbranched alkanes of at least 4 members (excludes halogenated alkanes) is 1. The van der Waals surface area contributed by atoms with E-state index in [2.05, 4.69) is 36.2 Å². The fourth-order valence-electron chi connectivity index (χ4n) is 15.3. The zero-order chi connectivity index (χ0) is 93.6. The fourth-order valence-corrected chi connectivity index (χ4v) is 15.3. The van der Waals surface area contributed by atoms with Crippen LogP contribution in [0.25, 0.3) is 0 Å². The molecule has 0 aromatic heterocycles. The highest BCUT2D eigenvalue weighted by Gasteiger charge is 2.45. The molecule has 1 unspecified atom stereocenters. The summed E-state index contributed by atoms with van der Waals surface area (Å²) in [6, 6.07) is 8.59. The van der Waals surface area contributed by atoms with Gasteiger partial charge >= 0.3 is 30.0 Å². The first-order chi connectivity index (χ1) is 59.2. The number of nitrogens with two attached hydrogens (primary N) is 2. The minimum Gasteiger partial charge on any atom is -0.481 e. The predicted octanol–water partition coefficient (Wildman–Crippen LogP) is 5.76. The van der Waals surface area contributed by atoms with Crippen LogP contribution in [0.2, 0.25) is 0 Å². The summed E-state index contributed by atoms with van der Waals surface area (Å²) in [5, 5.41) is 40.8. The lowest BCUT2D eigenvalue weighted by Gasteiger charge is -2.41. The number of hydrogen-bond acceptors (Lipinski definition) is 25. The van der Waals surface area contributed by atoms with Gasteiger partial charge in [0, 0.05) is 124 Å². The molecule has 37 heteroatoms. The zero-order valence-corrected chi connectivity index (χ0v) is 74.7. The van der Waals surface area contributed by atoms with Gasteiger partial charge in [-0.05, 0) is 91.7 Å². The molecule has 14 atom stereocenters. The number of nitrogens with one attached hydrogen (secondary N) is 5. The van der Waals surface area contributed by atoms with E-state index < -0.39 is 175 Å². The van der Waals surface area contributed by atoms with E-state index in [0.717, 1.165) is 5.56 Å². The maximum Gasteiger partial charge on any atom is 0.410 e. The van der Waals surface area contributed by atoms with Gasteiger partial charge < -0.3 is 90.8 Å². The molecular formula is C88H136N10O27. The van der Waals surface area contributed by atoms with Crippen LogP contribution in [-0.2, 0) is 125 Å². The molecule has 1 aliphatic rings. The highest BCUT2D eigenvalue weighted by Crippen LogP contribution is 2.33. The number of nitrogens with zero attached hydrogens (tertiary/aromatic N) is 3. The molecule has 700 valence electrons. The topological polar surface area (TPSA) is 537 Å². The van der Waals surface area contributed by atoms with Crippen LogP contribution in [0.5, 0.6) is 0 Å². The van der Waals surface area contributed by atoms with Crippen LogP contribution in [0, 0.1) is 47.3 Å². The molecule has 2 aromatic rings. The Labute approximate surface area is 732 Å². The Hall–Kier alpha value is -10.2. The number of carbonyl (C=O) groups excluding carboxylic acids is 14. The molecule has 0 spiro atoms. The predicted molar refractivity (Wildman–Crippen MR) is 455 cm³/mol. The smallest absolute Gasteiger partial charge is 0.410 e. The summed E-state index contributed by atoms with van der Waals surface area (Å²) in [7, 11) is 6.05. The number of hydrogen-bond donors (Lipinski definition) is 10. The van der Waals surface area contributed by atoms with Gasteiger partial charge in [0.25, 0.3) is 6.47 Å². The van der Waals surface area contributed by atoms with Crippen LogP contribution < -0.4 is 38.2 Å². The molecule has 2 aromatic carbocycles. The highest BCUT2D eigenvalue weighted by molar-refractivity contribution is 5.96. The summed E-state index contributed by atoms with van der Waals surface area (Å²) in [6.45, 7) is 16.2. The average Bonchev–Trinajstić information content (AvgIpc) is 1.79. The Kier molecular flexibility index (Phi) is 50.7. The zero-order valence-electron chi connectivity index (χ0n) is 74.7. The number of urea groups is 1. The molecule has 37 nitrogen and oxygen atoms in total. The van der Waals surface area contributed by atoms with Crippen molar-refractivity contribution in [1.82, 2.24) is 41.3 Å². The number of carboxylic acids is 3. The second kappa shape index (κ2) is 58.1. The van der Waals surface area contributed by atoms with Crippen molar-refractivity contribution in [1.29, 1.82) is 0 Å². The number of ketones is 5. The van der Waals surface area contributed by atoms with Crippen molar-refractivity contribution in [3.63, 3.8) is 0 Å². The Balaban J connectivity index is 1.61. The number of likely N-dealkylation sites (tertiary alicyclic amines) is 1. The molecule has 1 aliphatic heterocycles. The lowest BCUT2D eigenvalue weighted by molar-refractivity contribution is -0.149. The second-order valence-electron chi connectivity index (χ2n) is 33.0. The lowest BCUT2D eigenvalue weighted by atomic mass is 9.83. The van der Waals surface area contributed by atoms with Crippen molar-refractivity contribution >= 4 is 101 Å². The first-order valence-corrected chi connectivity index (χ1v) is 42.9. The number of Topliss-reactive ketones (excluding diaryl/α,β-unsaturated/α-hetero) is 5. The van der Waals surface area contributed by atoms with Gasteiger partial charge in [0.15, 0.2) is 23.6 Å². The maximum absolute atomic E-state index is 15.0. The normalized spacial score (nSPS) is 15.8. The highest BCUT2D eigenvalue weighted by atomic mass is 16.6. The quantitative estimate of drug-likeness (QED) is 0.0163. The summed E-state index contributed by atoms with van der Waals surface area (Å²) in [5.74, 6) is -8.80. The van der Waals surface area contributed by atoms with E-state index in [0.29, 0.717) is 49.8 Å². The average molecular weight is 1770 g/mol. The number of aliphatic carboxylic acids is 3. The Morgan fingerprint density at radius 2 is 1.23 bits per heavy atom. The van der Waals surface area contributed by atoms with Crippen LogP contribution in [0.4, 0.5) is 9.59 Å². The molecule has 0 aliphatic carbocycles. The van der Waals surface area contributed by atoms with E-state index in [9.17, 15) is 91.7 Å². The summed E-state index contributed by atoms with van der Waals surface area (Å²) in [6.07, 6.45) is -3.54. The minimum atomic E-state index is -1.48. The molecule has 125 heavy (non-hydrogen) atoms. The van der Waals surface area contributed by atoms with Gasteiger partial charge in [-0.3, -0.25) is 72.0 Å². The van der Waals surface area contributed by atoms with Gasteiger partial charge in [-0.2, -0.15) is 0 Å². The molecule has 0 bridgehead atoms. The molecule has 9 amide bonds. The molecule has 0 saturated carbocycles. The lowest BCUT2D eigenvalue weighted by Crippen LogP contribution is -2.54. The van der Waals surface area contributed by atoms with Crippen LogP contribution in [0.3, 0.4) is 0 Å². The van der Waals surface area contributed by atoms with E-state index in [-0.39, 0.29) is 177 Å². The van der Waals surface area contributed by atoms with E-state index in [1.165, 1.54) is 26.2 Å². The van der Waals surface area contributed by atoms with Gasteiger partial charge in [-0.25, -0.2) is 20.3 Å². The van der Waals surface area contributed by atoms with Crippen molar-refractivity contribution in [3.05, 3.63) is 71.3 Å². The third-order valence-electron chi connectivity index (χ3n) is 22.6. The molecular weight excluding hydrogens is 1630 g/mol. The summed E-state index contributed by atoms with van der Waals surface area (Å²) < 4.78 is 33.5. The number of primary amides is 1. The molecule has 1 heterocycles. The first-order valence-electron chi connectivity index (χ1n) is 42.9. The fraction of sp³-hybridized carbons (Fsp3) is 0.670. The Morgan fingerprint density at radius 1 is 0.600 bits per heavy atom. The van der Waals surface area contributed by atoms with E-state index in [4.69, 9.17) is 40.4 Å². The molecule has 1 fully saturated rings. The number of rotatable bonds is 66. The first kappa shape index (κ1) is 109. The number of ether oxygens (including phenoxy) is 6. The van der Waals surface area contributed by atoms with E-state index in [1.807, 2.05) is 58.0 Å². The third-order valence-corrected chi connectivity index (χ3v) is 22.6. The second-order valence-corrected chi connectivity index (χ2v) is 33.0. The van der Waals surface area contributed by atoms with Gasteiger partial charge in [0.2, 0.25) is 35.4 Å². The van der Waals surface area contributed by atoms with Crippen LogP contribution in [0.1, 0.15) is 201 Å². The van der Waals surface area contributed by atoms with Crippen molar-refractivity contribution < 1.29 is 130 Å². The minimum absolute atomic E-state index is 0.00148. The van der Waals surface area contributed by atoms with Crippen LogP contribution >= 0.6 is 0 Å². The Bertz CT molecular complexity index is 3810. The van der Waals surface area contributed by atoms with Crippen molar-refractivity contribution in [3.8, 4) is 0 Å². The molecule has 3 rings (SSSR count). The number of amides is 9. The molecule has 1 saturated heterocycles. The Morgan fingerprint density at radius 3 is 1.82 bits per heavy atom. The third kappa shape index (κ3) is 39.5. The van der Waals surface area contributed by atoms with Gasteiger partial charge in [-0.1, -0.05) is 130 Å². The van der Waals surface area contributed by atoms with Crippen LogP contribution in [-0.4, -0.2) is 260 Å². The number of carboxylic acid groups (broad SMARTS) is 3. The SMILES string of the molecule is CC[C@H](C)[C@@H]([C@@H](CC(=O)N1CCC[C@H]1[C@H](OC)[C@@H](C)C(=O)C[C@@H](Cc1ccccc1)C(=O)O)OC)N(C)C(=O)[C@@H](CC(=O)[C@H](C(C)C)N(C)C(=O)OCc1ccc(CC(=O)[C@H](CCCCC(N)=O)NC(=O)[C@@H](CC(=O)C(CCC(=O)NCCOCCOCCCC(=O)CC[C@H](NC(=O)N[C@@H](CCC(=O)O)OC=O)C(=O)O)NC(=O)CON)C(C)C)cc1)C(C)C. The summed E-state index contributed by atoms with van der Waals surface area (Å²) in [4.78, 5) is 232. The number of likely N-dealkylation sites (N-methyl/N-ethyl adjacent to an activating group) is 2. The maximum atomic E-state index is 15.0. The van der Waals surface area contributed by atoms with Gasteiger partial charge in [0.05, 0.1) is 81.0 Å². The van der Waals surface area contributed by atoms with E-state index in [1.54, 1.807) is 75.7 Å². The molecule has 12 N–H and O–H groups in total. The van der Waals surface area contributed by atoms with Crippen molar-refractivity contribution in [2.24, 2.45) is 59.0 Å². The van der Waals surface area contributed by atoms with Crippen molar-refractivity contribution in [2.45, 2.75) is 258 Å². The van der Waals surface area contributed by atoms with Crippen LogP contribution in [0.15, 0.2) is 54.6 Å². The number of methoxy groups -OCH3 is 2. The van der Waals surface area contributed by atoms with Gasteiger partial charge in [0.1, 0.15) is 30.8 Å². The largest absolute Gasteiger partial charge is 0.481 e. The van der Waals surface area contributed by atoms with E-state index >= 15 is 0 Å². The van der Waals surface area contributed by atoms with Crippen molar-refractivity contribution in [2.75, 3.05) is 74.4 Å². The summed E-state index contributed by atoms with van der Waals surface area (Å²) in [5.41, 5.74) is 7.26. The number of carbonyl (C=O) groups is 17. The molecule has 0 radical (unpaired) electrons. The monoisotopic (exact) mass is 1760 g/mol. The number of benzene rings is 2. The summed E-state index contributed by atoms with van der Waals surface area (Å²) >= 11 is 0.